The summed E-state index contributed by atoms with van der Waals surface area (Å²) < 4.78 is 12.4. The summed E-state index contributed by atoms with van der Waals surface area (Å²) in [5.74, 6) is 2.14. The maximum absolute atomic E-state index is 6.79. The quantitative estimate of drug-likeness (QED) is 0.161. The van der Waals surface area contributed by atoms with Crippen LogP contribution in [0.3, 0.4) is 0 Å². The van der Waals surface area contributed by atoms with Gasteiger partial charge in [0.25, 0.3) is 0 Å². The van der Waals surface area contributed by atoms with Gasteiger partial charge in [-0.25, -0.2) is 0 Å². The minimum Gasteiger partial charge on any atom is -0.0582 e. The standard InChI is InChI=1S/C52H52N4O.Pt/c1-48(2,3)34-28-29-53-45(30-34)56-44-32-38(24-25-39(44)49(4,5)41-27-26-40-46(47(41)56)51(8,9)52(10,11)50(40,6)7)57-37-21-17-20-36(31-37)55-33-54(35-18-13-12-14-19-35)42-22-15-16-23-43(42)55;/h12-30H,1-11H3;/q-2;. The van der Waals surface area contributed by atoms with E-state index < -0.39 is 0 Å². The number of nitrogens with zero attached hydrogens (tertiary/aromatic N) is 4. The van der Waals surface area contributed by atoms with E-state index in [0.29, 0.717) is 11.5 Å². The minimum absolute atomic E-state index is 0.0208. The normalized spacial score (nSPS) is 17.2. The molecule has 298 valence electrons. The van der Waals surface area contributed by atoms with Gasteiger partial charge in [0.15, 0.2) is 0 Å². The van der Waals surface area contributed by atoms with Crippen molar-refractivity contribution in [2.24, 2.45) is 5.41 Å². The molecule has 7 aromatic rings. The number of anilines is 3. The topological polar surface area (TPSA) is 35.2 Å². The predicted molar refractivity (Wildman–Crippen MR) is 233 cm³/mol. The Morgan fingerprint density at radius 2 is 1.28 bits per heavy atom. The van der Waals surface area contributed by atoms with Crippen LogP contribution >= 0.6 is 0 Å². The zero-order chi connectivity index (χ0) is 41.2. The Labute approximate surface area is 354 Å². The molecular formula is C52H52N4OPt-2. The summed E-state index contributed by atoms with van der Waals surface area (Å²) in [6, 6.07) is 46.1. The van der Waals surface area contributed by atoms with E-state index in [4.69, 9.17) is 9.72 Å². The molecule has 0 spiro atoms. The van der Waals surface area contributed by atoms with Crippen molar-refractivity contribution < 1.29 is 24.1 Å². The van der Waals surface area contributed by atoms with Crippen molar-refractivity contribution in [3.05, 3.63) is 159 Å². The molecule has 0 N–H and O–H groups in total. The number of imidazole rings is 1. The van der Waals surface area contributed by atoms with Gasteiger partial charge in [-0.15, -0.1) is 0 Å². The van der Waals surface area contributed by atoms with Gasteiger partial charge in [-0.2, -0.15) is 0 Å². The Morgan fingerprint density at radius 1 is 0.638 bits per heavy atom. The smallest absolute Gasteiger partial charge is 0.0582 e. The number of hydrogen-bond donors (Lipinski definition) is 0. The molecule has 5 aromatic carbocycles. The number of pyridine rings is 1. The first-order chi connectivity index (χ1) is 27.4. The maximum atomic E-state index is 6.79. The van der Waals surface area contributed by atoms with E-state index in [9.17, 15) is 0 Å². The first-order valence-electron chi connectivity index (χ1n) is 20.3. The zero-order valence-corrected chi connectivity index (χ0v) is 37.8. The molecule has 58 heavy (non-hydrogen) atoms. The van der Waals surface area contributed by atoms with Crippen molar-refractivity contribution in [2.75, 3.05) is 4.90 Å². The average molecular weight is 944 g/mol. The molecule has 0 saturated heterocycles. The van der Waals surface area contributed by atoms with E-state index in [2.05, 4.69) is 219 Å². The minimum atomic E-state index is -0.313. The number of benzene rings is 5. The summed E-state index contributed by atoms with van der Waals surface area (Å²) in [5.41, 5.74) is 12.3. The number of fused-ring (bicyclic) bond motifs is 5. The molecular weight excluding hydrogens is 892 g/mol. The SMILES string of the molecule is CC(C)(C)c1ccnc(N2c3[c-]c(Oc4[c-]c(-n5[c](=[Pt])n(-c6ccccc6)c6ccccc65)ccc4)ccc3C(C)(C)c3ccc4c(c32)C(C)(C)C(C)(C)C4(C)C)c1. The molecule has 0 bridgehead atoms. The van der Waals surface area contributed by atoms with Crippen molar-refractivity contribution in [3.63, 3.8) is 0 Å². The fourth-order valence-electron chi connectivity index (χ4n) is 9.52. The predicted octanol–water partition coefficient (Wildman–Crippen LogP) is 13.3. The van der Waals surface area contributed by atoms with Gasteiger partial charge >= 0.3 is 237 Å². The van der Waals surface area contributed by atoms with E-state index in [0.717, 1.165) is 37.7 Å². The number of ether oxygens (including phenoxy) is 1. The van der Waals surface area contributed by atoms with E-state index >= 15 is 0 Å². The van der Waals surface area contributed by atoms with Crippen molar-refractivity contribution in [3.8, 4) is 22.9 Å². The first kappa shape index (κ1) is 38.5. The fraction of sp³-hybridized carbons (Fsp3) is 0.308. The van der Waals surface area contributed by atoms with Crippen LogP contribution in [-0.4, -0.2) is 14.1 Å². The van der Waals surface area contributed by atoms with Crippen LogP contribution in [-0.2, 0) is 41.0 Å². The second kappa shape index (κ2) is 13.0. The molecule has 0 radical (unpaired) electrons. The molecule has 0 unspecified atom stereocenters. The molecule has 2 aromatic heterocycles. The molecule has 9 rings (SSSR count). The molecule has 1 aliphatic carbocycles. The van der Waals surface area contributed by atoms with Gasteiger partial charge in [0.05, 0.1) is 0 Å². The summed E-state index contributed by atoms with van der Waals surface area (Å²) in [7, 11) is 0. The van der Waals surface area contributed by atoms with E-state index in [-0.39, 0.29) is 27.1 Å². The third kappa shape index (κ3) is 5.52. The van der Waals surface area contributed by atoms with Crippen LogP contribution in [0.4, 0.5) is 17.2 Å². The molecule has 5 nitrogen and oxygen atoms in total. The van der Waals surface area contributed by atoms with Crippen LogP contribution in [0.15, 0.2) is 115 Å². The monoisotopic (exact) mass is 943 g/mol. The van der Waals surface area contributed by atoms with E-state index in [1.165, 1.54) is 33.5 Å². The third-order valence-corrected chi connectivity index (χ3v) is 15.1. The Balaban J connectivity index is 1.21. The number of para-hydroxylation sites is 3. The van der Waals surface area contributed by atoms with Crippen molar-refractivity contribution in [1.29, 1.82) is 0 Å². The van der Waals surface area contributed by atoms with Gasteiger partial charge in [-0.3, -0.25) is 0 Å². The van der Waals surface area contributed by atoms with Gasteiger partial charge in [0, 0.05) is 6.20 Å². The summed E-state index contributed by atoms with van der Waals surface area (Å²) >= 11 is 2.42. The van der Waals surface area contributed by atoms with Crippen LogP contribution in [0.2, 0.25) is 0 Å². The Hall–Kier alpha value is -4.99. The summed E-state index contributed by atoms with van der Waals surface area (Å²) in [6.45, 7) is 26.1. The summed E-state index contributed by atoms with van der Waals surface area (Å²) in [5, 5.41) is 0. The van der Waals surface area contributed by atoms with Crippen molar-refractivity contribution in [2.45, 2.75) is 97.8 Å². The molecule has 2 aliphatic rings. The molecule has 6 heteroatoms. The molecule has 0 amide bonds. The Morgan fingerprint density at radius 3 is 1.98 bits per heavy atom. The van der Waals surface area contributed by atoms with Crippen LogP contribution in [0, 0.1) is 21.4 Å². The number of rotatable bonds is 5. The van der Waals surface area contributed by atoms with E-state index in [1.54, 1.807) is 0 Å². The van der Waals surface area contributed by atoms with Crippen LogP contribution in [0.5, 0.6) is 11.5 Å². The van der Waals surface area contributed by atoms with Gasteiger partial charge in [-0.1, -0.05) is 74.4 Å². The second-order valence-electron chi connectivity index (χ2n) is 19.2. The number of hydrogen-bond acceptors (Lipinski definition) is 3. The van der Waals surface area contributed by atoms with Gasteiger partial charge in [0.2, 0.25) is 0 Å². The molecule has 1 aliphatic heterocycles. The van der Waals surface area contributed by atoms with Gasteiger partial charge < -0.3 is 0 Å². The molecule has 0 fully saturated rings. The molecule has 3 heterocycles. The van der Waals surface area contributed by atoms with Crippen molar-refractivity contribution in [1.82, 2.24) is 14.1 Å². The zero-order valence-electron chi connectivity index (χ0n) is 35.5. The van der Waals surface area contributed by atoms with Gasteiger partial charge in [-0.05, 0) is 38.9 Å². The van der Waals surface area contributed by atoms with E-state index in [1.807, 2.05) is 18.3 Å². The third-order valence-electron chi connectivity index (χ3n) is 14.1. The summed E-state index contributed by atoms with van der Waals surface area (Å²) in [6.07, 6.45) is 1.96. The Bertz CT molecular complexity index is 2830. The van der Waals surface area contributed by atoms with Crippen LogP contribution in [0.25, 0.3) is 22.4 Å². The second-order valence-corrected chi connectivity index (χ2v) is 20.2. The van der Waals surface area contributed by atoms with Crippen LogP contribution < -0.4 is 9.64 Å². The summed E-state index contributed by atoms with van der Waals surface area (Å²) in [4.78, 5) is 7.53. The number of aromatic nitrogens is 3. The first-order valence-corrected chi connectivity index (χ1v) is 21.4. The van der Waals surface area contributed by atoms with Crippen molar-refractivity contribution >= 4 is 28.2 Å². The Kier molecular flexibility index (Phi) is 8.64. The molecule has 0 atom stereocenters. The fourth-order valence-corrected chi connectivity index (χ4v) is 10.6. The van der Waals surface area contributed by atoms with Crippen LogP contribution in [0.1, 0.15) is 104 Å². The molecule has 0 saturated carbocycles. The van der Waals surface area contributed by atoms with Gasteiger partial charge in [0.1, 0.15) is 0 Å². The average Bonchev–Trinajstić information content (AvgIpc) is 3.53.